The monoisotopic (exact) mass is 407 g/mol. The molecule has 3 aromatic carbocycles. The first-order valence-corrected chi connectivity index (χ1v) is 10.1. The molecule has 0 spiro atoms. The van der Waals surface area contributed by atoms with Gasteiger partial charge in [-0.1, -0.05) is 61.2 Å². The number of ketones is 1. The minimum atomic E-state index is -0.133. The maximum atomic E-state index is 13.1. The van der Waals surface area contributed by atoms with Crippen LogP contribution in [0.4, 0.5) is 0 Å². The summed E-state index contributed by atoms with van der Waals surface area (Å²) >= 11 is 0. The number of carbonyl (C=O) groups excluding carboxylic acids is 2. The zero-order valence-electron chi connectivity index (χ0n) is 17.2. The largest absolute Gasteiger partial charge is 0.330 e. The van der Waals surface area contributed by atoms with Gasteiger partial charge in [-0.15, -0.1) is 0 Å². The van der Waals surface area contributed by atoms with Crippen LogP contribution in [0.2, 0.25) is 0 Å². The van der Waals surface area contributed by atoms with Crippen molar-refractivity contribution < 1.29 is 9.59 Å². The highest BCUT2D eigenvalue weighted by Crippen LogP contribution is 2.34. The number of hydrogen-bond acceptors (Lipinski definition) is 3. The summed E-state index contributed by atoms with van der Waals surface area (Å²) in [6, 6.07) is 21.0. The highest BCUT2D eigenvalue weighted by molar-refractivity contribution is 6.09. The quantitative estimate of drug-likeness (QED) is 0.358. The summed E-state index contributed by atoms with van der Waals surface area (Å²) in [5.74, 6) is -0.202. The van der Waals surface area contributed by atoms with E-state index in [-0.39, 0.29) is 18.2 Å². The third kappa shape index (κ3) is 3.24. The second-order valence-electron chi connectivity index (χ2n) is 7.83. The number of Topliss-reactive ketones (excluding diaryl/α,β-unsaturated/α-hetero) is 1. The fourth-order valence-electron chi connectivity index (χ4n) is 4.20. The lowest BCUT2D eigenvalue weighted by molar-refractivity contribution is 0.0788. The number of rotatable bonds is 5. The van der Waals surface area contributed by atoms with Gasteiger partial charge in [-0.25, -0.2) is 0 Å². The van der Waals surface area contributed by atoms with Crippen molar-refractivity contribution >= 4 is 22.6 Å². The Balaban J connectivity index is 1.44. The molecule has 0 bridgehead atoms. The number of carbonyl (C=O) groups is 2. The summed E-state index contributed by atoms with van der Waals surface area (Å²) in [6.07, 6.45) is 1.84. The molecule has 0 fully saturated rings. The van der Waals surface area contributed by atoms with Crippen molar-refractivity contribution in [1.82, 2.24) is 14.7 Å². The van der Waals surface area contributed by atoms with E-state index in [0.717, 1.165) is 27.6 Å². The van der Waals surface area contributed by atoms with E-state index in [0.29, 0.717) is 23.2 Å². The van der Waals surface area contributed by atoms with Crippen molar-refractivity contribution in [2.24, 2.45) is 7.05 Å². The van der Waals surface area contributed by atoms with Crippen molar-refractivity contribution in [3.63, 3.8) is 0 Å². The molecule has 152 valence electrons. The molecule has 0 N–H and O–H groups in total. The first-order chi connectivity index (χ1) is 15.0. The molecule has 0 unspecified atom stereocenters. The predicted octanol–water partition coefficient (Wildman–Crippen LogP) is 4.64. The number of amides is 1. The minimum Gasteiger partial charge on any atom is -0.330 e. The molecule has 0 radical (unpaired) electrons. The van der Waals surface area contributed by atoms with E-state index in [4.69, 9.17) is 0 Å². The first kappa shape index (κ1) is 19.0. The van der Waals surface area contributed by atoms with Crippen molar-refractivity contribution in [1.29, 1.82) is 0 Å². The van der Waals surface area contributed by atoms with Crippen LogP contribution in [0.15, 0.2) is 85.1 Å². The van der Waals surface area contributed by atoms with E-state index in [1.807, 2.05) is 60.4 Å². The van der Waals surface area contributed by atoms with Crippen LogP contribution < -0.4 is 0 Å². The summed E-state index contributed by atoms with van der Waals surface area (Å²) in [7, 11) is 1.92. The molecule has 2 heterocycles. The average Bonchev–Trinajstić information content (AvgIpc) is 3.33. The Hall–Kier alpha value is -3.99. The molecule has 1 aromatic heterocycles. The molecular weight excluding hydrogens is 386 g/mol. The normalized spacial score (nSPS) is 12.9. The van der Waals surface area contributed by atoms with Crippen LogP contribution in [-0.4, -0.2) is 32.9 Å². The molecule has 0 saturated heterocycles. The van der Waals surface area contributed by atoms with Gasteiger partial charge in [-0.2, -0.15) is 5.10 Å². The van der Waals surface area contributed by atoms with Crippen molar-refractivity contribution in [3.05, 3.63) is 102 Å². The molecule has 31 heavy (non-hydrogen) atoms. The average molecular weight is 407 g/mol. The Labute approximate surface area is 180 Å². The minimum absolute atomic E-state index is 0.0690. The van der Waals surface area contributed by atoms with E-state index in [2.05, 4.69) is 23.8 Å². The highest BCUT2D eigenvalue weighted by atomic mass is 16.2. The lowest BCUT2D eigenvalue weighted by Crippen LogP contribution is -2.28. The van der Waals surface area contributed by atoms with E-state index in [1.54, 1.807) is 17.0 Å². The summed E-state index contributed by atoms with van der Waals surface area (Å²) in [5.41, 5.74) is 5.76. The zero-order valence-corrected chi connectivity index (χ0v) is 17.2. The maximum absolute atomic E-state index is 13.1. The zero-order chi connectivity index (χ0) is 21.5. The highest BCUT2D eigenvalue weighted by Gasteiger charge is 2.30. The summed E-state index contributed by atoms with van der Waals surface area (Å²) in [6.45, 7) is 4.62. The Morgan fingerprint density at radius 3 is 2.61 bits per heavy atom. The van der Waals surface area contributed by atoms with Gasteiger partial charge in [-0.3, -0.25) is 14.3 Å². The topological polar surface area (TPSA) is 55.2 Å². The van der Waals surface area contributed by atoms with E-state index in [1.165, 1.54) is 0 Å². The lowest BCUT2D eigenvalue weighted by Gasteiger charge is -2.17. The summed E-state index contributed by atoms with van der Waals surface area (Å²) < 4.78 is 1.85. The molecule has 0 saturated carbocycles. The Morgan fingerprint density at radius 2 is 1.81 bits per heavy atom. The maximum Gasteiger partial charge on any atom is 0.254 e. The van der Waals surface area contributed by atoms with Gasteiger partial charge in [0, 0.05) is 42.2 Å². The van der Waals surface area contributed by atoms with Gasteiger partial charge in [0.15, 0.2) is 5.78 Å². The van der Waals surface area contributed by atoms with Gasteiger partial charge in [0.05, 0.1) is 11.7 Å². The molecule has 0 atom stereocenters. The summed E-state index contributed by atoms with van der Waals surface area (Å²) in [4.78, 5) is 27.4. The summed E-state index contributed by atoms with van der Waals surface area (Å²) in [5, 5.41) is 5.39. The molecule has 4 aromatic rings. The van der Waals surface area contributed by atoms with Crippen molar-refractivity contribution in [2.75, 3.05) is 6.54 Å². The molecule has 1 aliphatic rings. The SMILES string of the molecule is C=C(CN1Cc2c(cccc2-c2ccc3cnn(C)c3c2)C1=O)C(=O)c1ccccc1. The van der Waals surface area contributed by atoms with Crippen LogP contribution >= 0.6 is 0 Å². The second kappa shape index (κ2) is 7.36. The number of aryl methyl sites for hydroxylation is 1. The molecule has 5 heteroatoms. The van der Waals surface area contributed by atoms with Crippen LogP contribution in [0.3, 0.4) is 0 Å². The van der Waals surface area contributed by atoms with E-state index >= 15 is 0 Å². The van der Waals surface area contributed by atoms with Gasteiger partial charge in [0.25, 0.3) is 5.91 Å². The van der Waals surface area contributed by atoms with Gasteiger partial charge in [-0.05, 0) is 28.8 Å². The number of aromatic nitrogens is 2. The lowest BCUT2D eigenvalue weighted by atomic mass is 9.96. The smallest absolute Gasteiger partial charge is 0.254 e. The van der Waals surface area contributed by atoms with Gasteiger partial charge in [0.1, 0.15) is 0 Å². The predicted molar refractivity (Wildman–Crippen MR) is 121 cm³/mol. The molecule has 5 nitrogen and oxygen atoms in total. The van der Waals surface area contributed by atoms with Gasteiger partial charge >= 0.3 is 0 Å². The number of benzene rings is 3. The fraction of sp³-hybridized carbons (Fsp3) is 0.115. The molecule has 0 aliphatic carbocycles. The van der Waals surface area contributed by atoms with Crippen molar-refractivity contribution in [2.45, 2.75) is 6.54 Å². The molecule has 1 amide bonds. The first-order valence-electron chi connectivity index (χ1n) is 10.1. The number of nitrogens with zero attached hydrogens (tertiary/aromatic N) is 3. The number of hydrogen-bond donors (Lipinski definition) is 0. The molecule has 1 aliphatic heterocycles. The van der Waals surface area contributed by atoms with Gasteiger partial charge in [0.2, 0.25) is 0 Å². The third-order valence-corrected chi connectivity index (χ3v) is 5.84. The Kier molecular flexibility index (Phi) is 4.51. The standard InChI is InChI=1S/C26H21N3O2/c1-17(25(30)18-7-4-3-5-8-18)15-29-16-23-21(9-6-10-22(23)26(29)31)19-11-12-20-14-27-28(2)24(20)13-19/h3-14H,1,15-16H2,2H3. The molecule has 5 rings (SSSR count). The van der Waals surface area contributed by atoms with E-state index in [9.17, 15) is 9.59 Å². The van der Waals surface area contributed by atoms with E-state index < -0.39 is 0 Å². The molecular formula is C26H21N3O2. The van der Waals surface area contributed by atoms with Crippen LogP contribution in [-0.2, 0) is 13.6 Å². The third-order valence-electron chi connectivity index (χ3n) is 5.84. The van der Waals surface area contributed by atoms with Crippen LogP contribution in [0.25, 0.3) is 22.0 Å². The van der Waals surface area contributed by atoms with Crippen LogP contribution in [0.1, 0.15) is 26.3 Å². The number of fused-ring (bicyclic) bond motifs is 2. The van der Waals surface area contributed by atoms with Crippen LogP contribution in [0.5, 0.6) is 0 Å². The Bertz CT molecular complexity index is 1350. The second-order valence-corrected chi connectivity index (χ2v) is 7.83. The Morgan fingerprint density at radius 1 is 1.03 bits per heavy atom. The van der Waals surface area contributed by atoms with Crippen LogP contribution in [0, 0.1) is 0 Å². The fourth-order valence-corrected chi connectivity index (χ4v) is 4.20. The van der Waals surface area contributed by atoms with Crippen molar-refractivity contribution in [3.8, 4) is 11.1 Å². The van der Waals surface area contributed by atoms with Gasteiger partial charge < -0.3 is 4.90 Å².